The minimum absolute atomic E-state index is 0.0501. The van der Waals surface area contributed by atoms with Crippen LogP contribution in [0, 0.1) is 0 Å². The number of aromatic nitrogens is 1. The van der Waals surface area contributed by atoms with Crippen molar-refractivity contribution in [2.75, 3.05) is 4.90 Å². The van der Waals surface area contributed by atoms with Crippen molar-refractivity contribution in [3.05, 3.63) is 65.9 Å². The number of H-pyrrole nitrogens is 1. The molecule has 1 aromatic heterocycles. The zero-order valence-electron chi connectivity index (χ0n) is 14.7. The number of carbonyl (C=O) groups is 2. The van der Waals surface area contributed by atoms with Crippen LogP contribution in [0.1, 0.15) is 29.9 Å². The van der Waals surface area contributed by atoms with Crippen molar-refractivity contribution in [3.8, 4) is 0 Å². The normalized spacial score (nSPS) is 17.2. The fraction of sp³-hybridized carbons (Fsp3) is 0.238. The molecule has 26 heavy (non-hydrogen) atoms. The summed E-state index contributed by atoms with van der Waals surface area (Å²) in [6.45, 7) is 3.63. The summed E-state index contributed by atoms with van der Waals surface area (Å²) in [6, 6.07) is 17.2. The van der Waals surface area contributed by atoms with Gasteiger partial charge in [0.05, 0.1) is 0 Å². The van der Waals surface area contributed by atoms with Crippen LogP contribution in [0.4, 0.5) is 5.69 Å². The van der Waals surface area contributed by atoms with Gasteiger partial charge in [-0.1, -0.05) is 36.4 Å². The lowest BCUT2D eigenvalue weighted by molar-refractivity contribution is -0.126. The Bertz CT molecular complexity index is 959. The molecule has 2 aromatic carbocycles. The number of aromatic amines is 1. The van der Waals surface area contributed by atoms with Crippen LogP contribution in [-0.2, 0) is 16.0 Å². The van der Waals surface area contributed by atoms with E-state index >= 15 is 0 Å². The lowest BCUT2D eigenvalue weighted by Gasteiger charge is -2.25. The molecule has 1 aliphatic rings. The SMILES string of the molecule is C[C@H](OC(=O)c1cc2ccccc2[nH]1)C(=O)N1c2ccccc2C[C@H]1C. The first kappa shape index (κ1) is 16.4. The summed E-state index contributed by atoms with van der Waals surface area (Å²) in [7, 11) is 0. The number of nitrogens with one attached hydrogen (secondary N) is 1. The number of esters is 1. The van der Waals surface area contributed by atoms with Gasteiger partial charge in [-0.25, -0.2) is 4.79 Å². The summed E-state index contributed by atoms with van der Waals surface area (Å²) < 4.78 is 5.44. The first-order valence-corrected chi connectivity index (χ1v) is 8.74. The lowest BCUT2D eigenvalue weighted by Crippen LogP contribution is -2.43. The highest BCUT2D eigenvalue weighted by atomic mass is 16.5. The van der Waals surface area contributed by atoms with Crippen LogP contribution in [0.3, 0.4) is 0 Å². The Hall–Kier alpha value is -3.08. The van der Waals surface area contributed by atoms with E-state index in [0.29, 0.717) is 5.69 Å². The van der Waals surface area contributed by atoms with Gasteiger partial charge in [0, 0.05) is 22.6 Å². The van der Waals surface area contributed by atoms with Gasteiger partial charge in [0.25, 0.3) is 5.91 Å². The first-order chi connectivity index (χ1) is 12.5. The molecule has 0 saturated carbocycles. The summed E-state index contributed by atoms with van der Waals surface area (Å²) in [5.74, 6) is -0.728. The second-order valence-electron chi connectivity index (χ2n) is 6.71. The van der Waals surface area contributed by atoms with Crippen LogP contribution in [0.15, 0.2) is 54.6 Å². The number of para-hydroxylation sites is 2. The lowest BCUT2D eigenvalue weighted by atomic mass is 10.1. The Kier molecular flexibility index (Phi) is 3.99. The topological polar surface area (TPSA) is 62.4 Å². The van der Waals surface area contributed by atoms with Gasteiger partial charge >= 0.3 is 5.97 Å². The van der Waals surface area contributed by atoms with Crippen LogP contribution in [0.25, 0.3) is 10.9 Å². The van der Waals surface area contributed by atoms with E-state index in [1.807, 2.05) is 55.5 Å². The maximum Gasteiger partial charge on any atom is 0.355 e. The Morgan fingerprint density at radius 2 is 1.88 bits per heavy atom. The van der Waals surface area contributed by atoms with Crippen molar-refractivity contribution in [2.45, 2.75) is 32.4 Å². The Balaban J connectivity index is 1.51. The van der Waals surface area contributed by atoms with Gasteiger partial charge < -0.3 is 14.6 Å². The van der Waals surface area contributed by atoms with Gasteiger partial charge in [0.2, 0.25) is 0 Å². The highest BCUT2D eigenvalue weighted by Gasteiger charge is 2.34. The van der Waals surface area contributed by atoms with Crippen LogP contribution in [0.2, 0.25) is 0 Å². The first-order valence-electron chi connectivity index (χ1n) is 8.74. The largest absolute Gasteiger partial charge is 0.448 e. The number of benzene rings is 2. The maximum atomic E-state index is 12.9. The van der Waals surface area contributed by atoms with Crippen LogP contribution in [0.5, 0.6) is 0 Å². The van der Waals surface area contributed by atoms with Gasteiger partial charge in [-0.05, 0) is 44.0 Å². The highest BCUT2D eigenvalue weighted by Crippen LogP contribution is 2.32. The molecule has 1 N–H and O–H groups in total. The average Bonchev–Trinajstić information content (AvgIpc) is 3.21. The van der Waals surface area contributed by atoms with Gasteiger partial charge in [0.15, 0.2) is 6.10 Å². The highest BCUT2D eigenvalue weighted by molar-refractivity contribution is 6.01. The molecule has 2 heterocycles. The van der Waals surface area contributed by atoms with Crippen molar-refractivity contribution < 1.29 is 14.3 Å². The van der Waals surface area contributed by atoms with Crippen LogP contribution < -0.4 is 4.90 Å². The van der Waals surface area contributed by atoms with Gasteiger partial charge in [-0.2, -0.15) is 0 Å². The molecular formula is C21H20N2O3. The second kappa shape index (κ2) is 6.33. The molecule has 0 spiro atoms. The zero-order valence-corrected chi connectivity index (χ0v) is 14.7. The molecule has 132 valence electrons. The van der Waals surface area contributed by atoms with E-state index in [0.717, 1.165) is 28.6 Å². The Morgan fingerprint density at radius 1 is 1.15 bits per heavy atom. The number of fused-ring (bicyclic) bond motifs is 2. The third-order valence-electron chi connectivity index (χ3n) is 4.83. The fourth-order valence-electron chi connectivity index (χ4n) is 3.56. The average molecular weight is 348 g/mol. The standard InChI is InChI=1S/C21H20N2O3/c1-13-11-16-8-4-6-10-19(16)23(13)20(24)14(2)26-21(25)18-12-15-7-3-5-9-17(15)22-18/h3-10,12-14,22H,11H2,1-2H3/t13-,14+/m1/s1. The molecule has 1 aliphatic heterocycles. The van der Waals surface area contributed by atoms with E-state index in [4.69, 9.17) is 4.74 Å². The Labute approximate surface area is 151 Å². The molecule has 3 aromatic rings. The second-order valence-corrected chi connectivity index (χ2v) is 6.71. The Morgan fingerprint density at radius 3 is 2.69 bits per heavy atom. The fourth-order valence-corrected chi connectivity index (χ4v) is 3.56. The number of nitrogens with zero attached hydrogens (tertiary/aromatic N) is 1. The van der Waals surface area contributed by atoms with E-state index in [-0.39, 0.29) is 11.9 Å². The molecule has 0 radical (unpaired) electrons. The molecular weight excluding hydrogens is 328 g/mol. The quantitative estimate of drug-likeness (QED) is 0.734. The van der Waals surface area contributed by atoms with Crippen molar-refractivity contribution in [1.82, 2.24) is 4.98 Å². The smallest absolute Gasteiger partial charge is 0.355 e. The third-order valence-corrected chi connectivity index (χ3v) is 4.83. The number of ether oxygens (including phenoxy) is 1. The number of hydrogen-bond donors (Lipinski definition) is 1. The molecule has 0 aliphatic carbocycles. The van der Waals surface area contributed by atoms with E-state index in [1.54, 1.807) is 17.9 Å². The van der Waals surface area contributed by atoms with Gasteiger partial charge in [-0.3, -0.25) is 4.79 Å². The molecule has 0 saturated heterocycles. The van der Waals surface area contributed by atoms with E-state index in [1.165, 1.54) is 0 Å². The molecule has 5 heteroatoms. The zero-order chi connectivity index (χ0) is 18.3. The molecule has 4 rings (SSSR count). The van der Waals surface area contributed by atoms with E-state index in [9.17, 15) is 9.59 Å². The molecule has 2 atom stereocenters. The van der Waals surface area contributed by atoms with E-state index in [2.05, 4.69) is 4.98 Å². The molecule has 0 bridgehead atoms. The summed E-state index contributed by atoms with van der Waals surface area (Å²) in [6.07, 6.45) is -0.0487. The minimum Gasteiger partial charge on any atom is -0.448 e. The number of hydrogen-bond acceptors (Lipinski definition) is 3. The summed E-state index contributed by atoms with van der Waals surface area (Å²) in [5.41, 5.74) is 3.25. The maximum absolute atomic E-state index is 12.9. The van der Waals surface area contributed by atoms with Crippen molar-refractivity contribution in [1.29, 1.82) is 0 Å². The molecule has 0 unspecified atom stereocenters. The predicted octanol–water partition coefficient (Wildman–Crippen LogP) is 3.69. The minimum atomic E-state index is -0.859. The third kappa shape index (κ3) is 2.75. The van der Waals surface area contributed by atoms with Crippen LogP contribution >= 0.6 is 0 Å². The van der Waals surface area contributed by atoms with Crippen molar-refractivity contribution >= 4 is 28.5 Å². The molecule has 5 nitrogen and oxygen atoms in total. The summed E-state index contributed by atoms with van der Waals surface area (Å²) in [5, 5.41) is 0.931. The van der Waals surface area contributed by atoms with E-state index < -0.39 is 12.1 Å². The summed E-state index contributed by atoms with van der Waals surface area (Å²) in [4.78, 5) is 30.1. The molecule has 0 fully saturated rings. The number of amides is 1. The van der Waals surface area contributed by atoms with Crippen LogP contribution in [-0.4, -0.2) is 29.0 Å². The summed E-state index contributed by atoms with van der Waals surface area (Å²) >= 11 is 0. The van der Waals surface area contributed by atoms with Crippen molar-refractivity contribution in [3.63, 3.8) is 0 Å². The van der Waals surface area contributed by atoms with Gasteiger partial charge in [-0.15, -0.1) is 0 Å². The predicted molar refractivity (Wildman–Crippen MR) is 100 cm³/mol. The number of rotatable bonds is 3. The monoisotopic (exact) mass is 348 g/mol. The molecule has 1 amide bonds. The van der Waals surface area contributed by atoms with Gasteiger partial charge in [0.1, 0.15) is 5.69 Å². The number of anilines is 1. The number of carbonyl (C=O) groups excluding carboxylic acids is 2. The van der Waals surface area contributed by atoms with Crippen molar-refractivity contribution in [2.24, 2.45) is 0 Å².